The van der Waals surface area contributed by atoms with E-state index in [0.29, 0.717) is 6.54 Å². The molecule has 1 aromatic rings. The molecule has 0 aliphatic carbocycles. The van der Waals surface area contributed by atoms with Crippen molar-refractivity contribution >= 4 is 23.6 Å². The van der Waals surface area contributed by atoms with Crippen molar-refractivity contribution in [2.75, 3.05) is 12.8 Å². The van der Waals surface area contributed by atoms with E-state index < -0.39 is 5.97 Å². The maximum atomic E-state index is 12.2. The van der Waals surface area contributed by atoms with Gasteiger partial charge in [-0.15, -0.1) is 11.8 Å². The third kappa shape index (κ3) is 5.79. The molecule has 1 unspecified atom stereocenters. The predicted octanol–water partition coefficient (Wildman–Crippen LogP) is 3.27. The van der Waals surface area contributed by atoms with Crippen molar-refractivity contribution in [2.45, 2.75) is 38.5 Å². The van der Waals surface area contributed by atoms with E-state index in [0.717, 1.165) is 24.2 Å². The van der Waals surface area contributed by atoms with Gasteiger partial charge in [-0.05, 0) is 36.8 Å². The van der Waals surface area contributed by atoms with Gasteiger partial charge >= 0.3 is 5.97 Å². The number of carbonyl (C=O) groups is 2. The lowest BCUT2D eigenvalue weighted by atomic mass is 10.1. The number of nitrogens with zero attached hydrogens (tertiary/aromatic N) is 1. The van der Waals surface area contributed by atoms with Gasteiger partial charge in [0.25, 0.3) is 0 Å². The van der Waals surface area contributed by atoms with Crippen molar-refractivity contribution in [1.82, 2.24) is 4.90 Å². The fraction of sp³-hybridized carbons (Fsp3) is 0.500. The van der Waals surface area contributed by atoms with Gasteiger partial charge in [0.1, 0.15) is 0 Å². The van der Waals surface area contributed by atoms with Gasteiger partial charge in [0, 0.05) is 13.6 Å². The summed E-state index contributed by atoms with van der Waals surface area (Å²) in [6.07, 6.45) is 2.27. The fourth-order valence-electron chi connectivity index (χ4n) is 1.89. The molecule has 1 amide bonds. The minimum Gasteiger partial charge on any atom is -0.478 e. The highest BCUT2D eigenvalue weighted by Gasteiger charge is 2.17. The molecule has 0 aliphatic heterocycles. The van der Waals surface area contributed by atoms with E-state index in [1.165, 1.54) is 0 Å². The summed E-state index contributed by atoms with van der Waals surface area (Å²) in [6.45, 7) is 4.57. The van der Waals surface area contributed by atoms with Crippen LogP contribution in [0.5, 0.6) is 0 Å². The molecule has 116 valence electrons. The quantitative estimate of drug-likeness (QED) is 0.749. The van der Waals surface area contributed by atoms with Gasteiger partial charge in [-0.3, -0.25) is 4.79 Å². The normalized spacial score (nSPS) is 12.0. The highest BCUT2D eigenvalue weighted by atomic mass is 32.2. The number of carboxylic acid groups (broad SMARTS) is 1. The van der Waals surface area contributed by atoms with E-state index in [4.69, 9.17) is 5.11 Å². The third-order valence-electron chi connectivity index (χ3n) is 3.21. The Kier molecular flexibility index (Phi) is 7.29. The van der Waals surface area contributed by atoms with Crippen LogP contribution in [-0.2, 0) is 11.3 Å². The number of hydrogen-bond donors (Lipinski definition) is 1. The van der Waals surface area contributed by atoms with Gasteiger partial charge < -0.3 is 10.0 Å². The number of aromatic carboxylic acids is 1. The van der Waals surface area contributed by atoms with E-state index in [-0.39, 0.29) is 16.7 Å². The average molecular weight is 309 g/mol. The first-order valence-electron chi connectivity index (χ1n) is 7.14. The van der Waals surface area contributed by atoms with Crippen LogP contribution in [0, 0.1) is 0 Å². The van der Waals surface area contributed by atoms with Crippen LogP contribution in [0.1, 0.15) is 42.6 Å². The van der Waals surface area contributed by atoms with Crippen LogP contribution in [0.4, 0.5) is 0 Å². The lowest BCUT2D eigenvalue weighted by molar-refractivity contribution is -0.129. The number of thioether (sulfide) groups is 1. The lowest BCUT2D eigenvalue weighted by Crippen LogP contribution is -2.33. The smallest absolute Gasteiger partial charge is 0.335 e. The number of hydrogen-bond acceptors (Lipinski definition) is 3. The Morgan fingerprint density at radius 3 is 2.43 bits per heavy atom. The monoisotopic (exact) mass is 309 g/mol. The van der Waals surface area contributed by atoms with E-state index in [1.807, 2.05) is 6.92 Å². The topological polar surface area (TPSA) is 57.6 Å². The summed E-state index contributed by atoms with van der Waals surface area (Å²) in [7, 11) is 1.78. The average Bonchev–Trinajstić information content (AvgIpc) is 2.47. The lowest BCUT2D eigenvalue weighted by Gasteiger charge is -2.21. The summed E-state index contributed by atoms with van der Waals surface area (Å²) in [4.78, 5) is 24.7. The molecule has 5 heteroatoms. The number of carbonyl (C=O) groups excluding carboxylic acids is 1. The first-order valence-corrected chi connectivity index (χ1v) is 8.19. The van der Waals surface area contributed by atoms with E-state index in [9.17, 15) is 9.59 Å². The molecule has 0 bridgehead atoms. The van der Waals surface area contributed by atoms with Crippen molar-refractivity contribution in [1.29, 1.82) is 0 Å². The van der Waals surface area contributed by atoms with Gasteiger partial charge in [-0.2, -0.15) is 0 Å². The molecule has 0 aliphatic rings. The van der Waals surface area contributed by atoms with Gasteiger partial charge in [-0.25, -0.2) is 4.79 Å². The first kappa shape index (κ1) is 17.6. The van der Waals surface area contributed by atoms with Crippen LogP contribution in [0.25, 0.3) is 0 Å². The van der Waals surface area contributed by atoms with Crippen LogP contribution in [0.2, 0.25) is 0 Å². The summed E-state index contributed by atoms with van der Waals surface area (Å²) < 4.78 is 0. The van der Waals surface area contributed by atoms with Crippen molar-refractivity contribution < 1.29 is 14.7 Å². The zero-order chi connectivity index (χ0) is 15.8. The zero-order valence-corrected chi connectivity index (χ0v) is 13.7. The molecular weight excluding hydrogens is 286 g/mol. The molecule has 21 heavy (non-hydrogen) atoms. The molecule has 4 nitrogen and oxygen atoms in total. The van der Waals surface area contributed by atoms with Crippen LogP contribution >= 0.6 is 11.8 Å². The summed E-state index contributed by atoms with van der Waals surface area (Å²) in [6, 6.07) is 6.63. The molecule has 0 saturated carbocycles. The molecule has 0 aromatic heterocycles. The van der Waals surface area contributed by atoms with Crippen LogP contribution in [0.3, 0.4) is 0 Å². The molecule has 0 saturated heterocycles. The molecule has 1 N–H and O–H groups in total. The van der Waals surface area contributed by atoms with Gasteiger partial charge in [0.05, 0.1) is 10.8 Å². The molecule has 1 aromatic carbocycles. The second kappa shape index (κ2) is 8.72. The summed E-state index contributed by atoms with van der Waals surface area (Å²) in [5.41, 5.74) is 1.19. The van der Waals surface area contributed by atoms with Crippen molar-refractivity contribution in [3.8, 4) is 0 Å². The Bertz CT molecular complexity index is 473. The van der Waals surface area contributed by atoms with Crippen LogP contribution in [-0.4, -0.2) is 39.9 Å². The Balaban J connectivity index is 2.53. The Hall–Kier alpha value is -1.49. The number of rotatable bonds is 8. The van der Waals surface area contributed by atoms with Crippen molar-refractivity contribution in [3.63, 3.8) is 0 Å². The summed E-state index contributed by atoms with van der Waals surface area (Å²) in [5.74, 6) is 0.176. The largest absolute Gasteiger partial charge is 0.478 e. The number of carboxylic acids is 1. The molecule has 0 heterocycles. The molecular formula is C16H23NO3S. The standard InChI is InChI=1S/C16H23NO3S/c1-4-5-10-21-12(2)15(18)17(3)11-13-6-8-14(9-7-13)16(19)20/h6-9,12H,4-5,10-11H2,1-3H3,(H,19,20). The molecule has 1 rings (SSSR count). The summed E-state index contributed by atoms with van der Waals surface area (Å²) >= 11 is 1.69. The second-order valence-corrected chi connectivity index (χ2v) is 6.51. The Labute approximate surface area is 130 Å². The Morgan fingerprint density at radius 1 is 1.29 bits per heavy atom. The minimum atomic E-state index is -0.938. The molecule has 0 spiro atoms. The van der Waals surface area contributed by atoms with Gasteiger partial charge in [-0.1, -0.05) is 25.5 Å². The van der Waals surface area contributed by atoms with Crippen LogP contribution in [0.15, 0.2) is 24.3 Å². The fourth-order valence-corrected chi connectivity index (χ4v) is 3.02. The number of unbranched alkanes of at least 4 members (excludes halogenated alkanes) is 1. The van der Waals surface area contributed by atoms with E-state index in [2.05, 4.69) is 6.92 Å². The molecule has 1 atom stereocenters. The zero-order valence-electron chi connectivity index (χ0n) is 12.8. The number of benzene rings is 1. The highest BCUT2D eigenvalue weighted by Crippen LogP contribution is 2.16. The van der Waals surface area contributed by atoms with E-state index in [1.54, 1.807) is 48.0 Å². The van der Waals surface area contributed by atoms with Crippen molar-refractivity contribution in [3.05, 3.63) is 35.4 Å². The number of amides is 1. The van der Waals surface area contributed by atoms with Crippen molar-refractivity contribution in [2.24, 2.45) is 0 Å². The van der Waals surface area contributed by atoms with Crippen LogP contribution < -0.4 is 0 Å². The predicted molar refractivity (Wildman–Crippen MR) is 86.7 cm³/mol. The molecule has 0 radical (unpaired) electrons. The maximum Gasteiger partial charge on any atom is 0.335 e. The second-order valence-electron chi connectivity index (χ2n) is 5.06. The SMILES string of the molecule is CCCCSC(C)C(=O)N(C)Cc1ccc(C(=O)O)cc1. The molecule has 0 fully saturated rings. The first-order chi connectivity index (χ1) is 9.95. The highest BCUT2D eigenvalue weighted by molar-refractivity contribution is 8.00. The van der Waals surface area contributed by atoms with Gasteiger partial charge in [0.2, 0.25) is 5.91 Å². The minimum absolute atomic E-state index is 0.0418. The Morgan fingerprint density at radius 2 is 1.90 bits per heavy atom. The van der Waals surface area contributed by atoms with E-state index >= 15 is 0 Å². The summed E-state index contributed by atoms with van der Waals surface area (Å²) in [5, 5.41) is 8.81. The van der Waals surface area contributed by atoms with Gasteiger partial charge in [0.15, 0.2) is 0 Å². The maximum absolute atomic E-state index is 12.2. The third-order valence-corrected chi connectivity index (χ3v) is 4.44.